The Bertz CT molecular complexity index is 575. The van der Waals surface area contributed by atoms with E-state index in [1.807, 2.05) is 16.9 Å². The summed E-state index contributed by atoms with van der Waals surface area (Å²) in [5, 5.41) is 8.14. The van der Waals surface area contributed by atoms with Gasteiger partial charge in [-0.2, -0.15) is 5.10 Å². The van der Waals surface area contributed by atoms with Crippen LogP contribution in [0, 0.1) is 17.8 Å². The van der Waals surface area contributed by atoms with Crippen LogP contribution in [0.3, 0.4) is 0 Å². The van der Waals surface area contributed by atoms with E-state index in [2.05, 4.69) is 63.0 Å². The fourth-order valence-electron chi connectivity index (χ4n) is 2.82. The van der Waals surface area contributed by atoms with E-state index in [0.717, 1.165) is 23.6 Å². The highest BCUT2D eigenvalue weighted by Gasteiger charge is 2.18. The topological polar surface area (TPSA) is 42.2 Å². The third kappa shape index (κ3) is 3.55. The molecule has 0 aliphatic carbocycles. The summed E-state index contributed by atoms with van der Waals surface area (Å²) in [5.41, 5.74) is 2.17. The first-order valence-electron chi connectivity index (χ1n) is 7.98. The zero-order valence-corrected chi connectivity index (χ0v) is 14.1. The van der Waals surface area contributed by atoms with Crippen molar-refractivity contribution in [1.29, 1.82) is 0 Å². The van der Waals surface area contributed by atoms with Crippen molar-refractivity contribution in [3.05, 3.63) is 24.2 Å². The molecule has 0 atom stereocenters. The van der Waals surface area contributed by atoms with Gasteiger partial charge >= 0.3 is 0 Å². The van der Waals surface area contributed by atoms with E-state index in [9.17, 15) is 0 Å². The summed E-state index contributed by atoms with van der Waals surface area (Å²) in [6, 6.07) is 2.14. The highest BCUT2D eigenvalue weighted by Crippen LogP contribution is 2.23. The van der Waals surface area contributed by atoms with Gasteiger partial charge in [0.1, 0.15) is 5.52 Å². The van der Waals surface area contributed by atoms with Gasteiger partial charge in [0.25, 0.3) is 0 Å². The number of anilines is 1. The zero-order chi connectivity index (χ0) is 15.6. The molecule has 2 aromatic rings. The van der Waals surface area contributed by atoms with E-state index in [0.29, 0.717) is 23.7 Å². The Morgan fingerprint density at radius 3 is 2.33 bits per heavy atom. The Morgan fingerprint density at radius 1 is 1.10 bits per heavy atom. The minimum absolute atomic E-state index is 0.428. The Labute approximate surface area is 128 Å². The highest BCUT2D eigenvalue weighted by atomic mass is 15.2. The van der Waals surface area contributed by atoms with Gasteiger partial charge < -0.3 is 5.32 Å². The molecular weight excluding hydrogens is 260 g/mol. The Morgan fingerprint density at radius 2 is 1.76 bits per heavy atom. The first-order chi connectivity index (χ1) is 9.90. The van der Waals surface area contributed by atoms with Gasteiger partial charge in [0.2, 0.25) is 0 Å². The predicted molar refractivity (Wildman–Crippen MR) is 88.7 cm³/mol. The monoisotopic (exact) mass is 288 g/mol. The summed E-state index contributed by atoms with van der Waals surface area (Å²) in [6.45, 7) is 14.4. The SMILES string of the molecule is CC(C)c1cc2c(NCC(C(C)C)C(C)C)nccn2n1. The van der Waals surface area contributed by atoms with Crippen molar-refractivity contribution in [2.24, 2.45) is 17.8 Å². The van der Waals surface area contributed by atoms with Crippen LogP contribution in [-0.4, -0.2) is 21.1 Å². The van der Waals surface area contributed by atoms with Gasteiger partial charge in [-0.05, 0) is 29.7 Å². The predicted octanol–water partition coefficient (Wildman–Crippen LogP) is 4.19. The standard InChI is InChI=1S/C17H28N4/c1-11(2)14(12(3)4)10-19-17-16-9-15(13(5)6)20-21(16)8-7-18-17/h7-9,11-14H,10H2,1-6H3,(H,18,19). The Balaban J connectivity index is 2.22. The third-order valence-corrected chi connectivity index (χ3v) is 4.22. The summed E-state index contributed by atoms with van der Waals surface area (Å²) in [4.78, 5) is 4.50. The zero-order valence-electron chi connectivity index (χ0n) is 14.1. The van der Waals surface area contributed by atoms with Crippen molar-refractivity contribution in [3.63, 3.8) is 0 Å². The van der Waals surface area contributed by atoms with E-state index in [1.165, 1.54) is 0 Å². The minimum Gasteiger partial charge on any atom is -0.368 e. The molecule has 0 aromatic carbocycles. The van der Waals surface area contributed by atoms with Crippen molar-refractivity contribution >= 4 is 11.3 Å². The number of aromatic nitrogens is 3. The molecule has 0 saturated carbocycles. The van der Waals surface area contributed by atoms with Crippen LogP contribution in [0.5, 0.6) is 0 Å². The lowest BCUT2D eigenvalue weighted by molar-refractivity contribution is 0.304. The maximum Gasteiger partial charge on any atom is 0.152 e. The van der Waals surface area contributed by atoms with Gasteiger partial charge in [-0.25, -0.2) is 9.50 Å². The lowest BCUT2D eigenvalue weighted by atomic mass is 9.85. The van der Waals surface area contributed by atoms with Crippen LogP contribution in [0.15, 0.2) is 18.5 Å². The minimum atomic E-state index is 0.428. The molecule has 4 nitrogen and oxygen atoms in total. The quantitative estimate of drug-likeness (QED) is 0.866. The molecule has 2 heterocycles. The molecule has 0 aliphatic rings. The molecule has 0 aliphatic heterocycles. The second-order valence-corrected chi connectivity index (χ2v) is 6.86. The highest BCUT2D eigenvalue weighted by molar-refractivity contribution is 5.67. The molecule has 1 N–H and O–H groups in total. The molecule has 21 heavy (non-hydrogen) atoms. The third-order valence-electron chi connectivity index (χ3n) is 4.22. The normalized spacial score (nSPS) is 12.3. The molecule has 0 radical (unpaired) electrons. The number of rotatable bonds is 6. The average Bonchev–Trinajstić information content (AvgIpc) is 2.83. The number of nitrogens with one attached hydrogen (secondary N) is 1. The van der Waals surface area contributed by atoms with E-state index in [-0.39, 0.29) is 0 Å². The van der Waals surface area contributed by atoms with Crippen LogP contribution in [0.25, 0.3) is 5.52 Å². The second-order valence-electron chi connectivity index (χ2n) is 6.86. The molecule has 4 heteroatoms. The molecule has 0 saturated heterocycles. The summed E-state index contributed by atoms with van der Waals surface area (Å²) >= 11 is 0. The van der Waals surface area contributed by atoms with Crippen LogP contribution in [-0.2, 0) is 0 Å². The van der Waals surface area contributed by atoms with Crippen LogP contribution in [0.4, 0.5) is 5.82 Å². The summed E-state index contributed by atoms with van der Waals surface area (Å²) in [6.07, 6.45) is 3.72. The number of fused-ring (bicyclic) bond motifs is 1. The van der Waals surface area contributed by atoms with Crippen LogP contribution in [0.2, 0.25) is 0 Å². The summed E-state index contributed by atoms with van der Waals surface area (Å²) in [5.74, 6) is 3.32. The van der Waals surface area contributed by atoms with Crippen molar-refractivity contribution in [1.82, 2.24) is 14.6 Å². The van der Waals surface area contributed by atoms with Crippen LogP contribution in [0.1, 0.15) is 53.2 Å². The van der Waals surface area contributed by atoms with Crippen LogP contribution < -0.4 is 5.32 Å². The fourth-order valence-corrected chi connectivity index (χ4v) is 2.82. The smallest absolute Gasteiger partial charge is 0.152 e. The summed E-state index contributed by atoms with van der Waals surface area (Å²) < 4.78 is 1.92. The fraction of sp³-hybridized carbons (Fsp3) is 0.647. The van der Waals surface area contributed by atoms with Gasteiger partial charge in [-0.1, -0.05) is 41.5 Å². The second kappa shape index (κ2) is 6.46. The largest absolute Gasteiger partial charge is 0.368 e. The van der Waals surface area contributed by atoms with Crippen molar-refractivity contribution in [3.8, 4) is 0 Å². The first-order valence-corrected chi connectivity index (χ1v) is 7.98. The van der Waals surface area contributed by atoms with Crippen molar-refractivity contribution in [2.75, 3.05) is 11.9 Å². The Hall–Kier alpha value is -1.58. The molecule has 0 spiro atoms. The van der Waals surface area contributed by atoms with Crippen molar-refractivity contribution < 1.29 is 0 Å². The molecule has 0 fully saturated rings. The molecular formula is C17H28N4. The van der Waals surface area contributed by atoms with Gasteiger partial charge in [-0.15, -0.1) is 0 Å². The van der Waals surface area contributed by atoms with E-state index in [4.69, 9.17) is 0 Å². The Kier molecular flexibility index (Phi) is 4.86. The maximum absolute atomic E-state index is 4.61. The molecule has 2 rings (SSSR count). The molecule has 0 amide bonds. The number of nitrogens with zero attached hydrogens (tertiary/aromatic N) is 3. The molecule has 0 unspecified atom stereocenters. The molecule has 0 bridgehead atoms. The van der Waals surface area contributed by atoms with Crippen LogP contribution >= 0.6 is 0 Å². The van der Waals surface area contributed by atoms with Crippen molar-refractivity contribution in [2.45, 2.75) is 47.5 Å². The van der Waals surface area contributed by atoms with Gasteiger partial charge in [0, 0.05) is 18.9 Å². The first kappa shape index (κ1) is 15.8. The van der Waals surface area contributed by atoms with E-state index in [1.54, 1.807) is 0 Å². The number of hydrogen-bond donors (Lipinski definition) is 1. The van der Waals surface area contributed by atoms with E-state index >= 15 is 0 Å². The maximum atomic E-state index is 4.61. The lowest BCUT2D eigenvalue weighted by Crippen LogP contribution is -2.25. The summed E-state index contributed by atoms with van der Waals surface area (Å²) in [7, 11) is 0. The lowest BCUT2D eigenvalue weighted by Gasteiger charge is -2.25. The molecule has 116 valence electrons. The van der Waals surface area contributed by atoms with Gasteiger partial charge in [-0.3, -0.25) is 0 Å². The van der Waals surface area contributed by atoms with Gasteiger partial charge in [0.05, 0.1) is 5.69 Å². The van der Waals surface area contributed by atoms with E-state index < -0.39 is 0 Å². The average molecular weight is 288 g/mol. The van der Waals surface area contributed by atoms with Gasteiger partial charge in [0.15, 0.2) is 5.82 Å². The number of hydrogen-bond acceptors (Lipinski definition) is 3. The molecule has 2 aromatic heterocycles.